The number of hydrogen-bond acceptors (Lipinski definition) is 4. The van der Waals surface area contributed by atoms with Crippen molar-refractivity contribution in [3.8, 4) is 0 Å². The molecule has 6 nitrogen and oxygen atoms in total. The molecule has 0 fully saturated rings. The Morgan fingerprint density at radius 3 is 2.61 bits per heavy atom. The molecule has 23 heavy (non-hydrogen) atoms. The van der Waals surface area contributed by atoms with Crippen LogP contribution in [0.1, 0.15) is 18.2 Å². The summed E-state index contributed by atoms with van der Waals surface area (Å²) in [5, 5.41) is 4.20. The van der Waals surface area contributed by atoms with Crippen molar-refractivity contribution in [2.45, 2.75) is 30.9 Å². The van der Waals surface area contributed by atoms with Gasteiger partial charge in [0.25, 0.3) is 0 Å². The van der Waals surface area contributed by atoms with E-state index in [2.05, 4.69) is 10.1 Å². The van der Waals surface area contributed by atoms with E-state index in [1.54, 1.807) is 27.7 Å². The molecule has 0 aliphatic rings. The molecule has 0 spiro atoms. The summed E-state index contributed by atoms with van der Waals surface area (Å²) in [4.78, 5) is 4.07. The van der Waals surface area contributed by atoms with Gasteiger partial charge in [0.2, 0.25) is 15.0 Å². The highest BCUT2D eigenvalue weighted by molar-refractivity contribution is 7.90. The standard InChI is InChI=1S/C16H18N4O2S/c1-2-20-15(8-9-18-20)13-23(21,22)16-17-10-11-19(16)12-14-6-4-3-5-7-14/h3-11H,2,12-13H2,1H3. The van der Waals surface area contributed by atoms with Crippen LogP contribution in [0, 0.1) is 0 Å². The Labute approximate surface area is 135 Å². The topological polar surface area (TPSA) is 69.8 Å². The predicted molar refractivity (Wildman–Crippen MR) is 86.6 cm³/mol. The fourth-order valence-corrected chi connectivity index (χ4v) is 3.97. The van der Waals surface area contributed by atoms with Crippen molar-refractivity contribution in [2.75, 3.05) is 0 Å². The molecule has 0 bridgehead atoms. The number of aromatic nitrogens is 4. The van der Waals surface area contributed by atoms with Gasteiger partial charge in [-0.3, -0.25) is 4.68 Å². The van der Waals surface area contributed by atoms with Gasteiger partial charge in [-0.05, 0) is 18.6 Å². The highest BCUT2D eigenvalue weighted by atomic mass is 32.2. The second kappa shape index (κ2) is 6.37. The number of aryl methyl sites for hydroxylation is 1. The average molecular weight is 330 g/mol. The molecule has 0 radical (unpaired) electrons. The van der Waals surface area contributed by atoms with Gasteiger partial charge in [0.1, 0.15) is 0 Å². The van der Waals surface area contributed by atoms with E-state index in [1.165, 1.54) is 6.20 Å². The van der Waals surface area contributed by atoms with E-state index in [1.807, 2.05) is 37.3 Å². The maximum absolute atomic E-state index is 12.7. The summed E-state index contributed by atoms with van der Waals surface area (Å²) in [6, 6.07) is 11.4. The molecule has 0 N–H and O–H groups in total. The molecule has 0 saturated heterocycles. The first-order valence-corrected chi connectivity index (χ1v) is 9.04. The predicted octanol–water partition coefficient (Wildman–Crippen LogP) is 2.12. The van der Waals surface area contributed by atoms with Gasteiger partial charge in [-0.15, -0.1) is 0 Å². The Hall–Kier alpha value is -2.41. The molecule has 2 heterocycles. The fourth-order valence-electron chi connectivity index (χ4n) is 2.50. The number of imidazole rings is 1. The molecular formula is C16H18N4O2S. The van der Waals surface area contributed by atoms with Gasteiger partial charge in [0.05, 0.1) is 11.4 Å². The van der Waals surface area contributed by atoms with Gasteiger partial charge < -0.3 is 4.57 Å². The lowest BCUT2D eigenvalue weighted by atomic mass is 10.2. The van der Waals surface area contributed by atoms with Crippen molar-refractivity contribution < 1.29 is 8.42 Å². The number of hydrogen-bond donors (Lipinski definition) is 0. The van der Waals surface area contributed by atoms with E-state index in [-0.39, 0.29) is 10.9 Å². The van der Waals surface area contributed by atoms with Gasteiger partial charge in [0.15, 0.2) is 0 Å². The van der Waals surface area contributed by atoms with Crippen molar-refractivity contribution in [3.63, 3.8) is 0 Å². The van der Waals surface area contributed by atoms with E-state index in [0.717, 1.165) is 5.56 Å². The van der Waals surface area contributed by atoms with E-state index < -0.39 is 9.84 Å². The summed E-state index contributed by atoms with van der Waals surface area (Å²) in [5.41, 5.74) is 1.70. The van der Waals surface area contributed by atoms with Crippen molar-refractivity contribution >= 4 is 9.84 Å². The van der Waals surface area contributed by atoms with Gasteiger partial charge >= 0.3 is 0 Å². The van der Waals surface area contributed by atoms with Gasteiger partial charge in [-0.1, -0.05) is 30.3 Å². The van der Waals surface area contributed by atoms with Crippen molar-refractivity contribution in [2.24, 2.45) is 0 Å². The maximum atomic E-state index is 12.7. The Kier molecular flexibility index (Phi) is 4.29. The summed E-state index contributed by atoms with van der Waals surface area (Å²) in [6.07, 6.45) is 4.83. The number of benzene rings is 1. The van der Waals surface area contributed by atoms with Crippen LogP contribution in [-0.4, -0.2) is 27.7 Å². The third-order valence-corrected chi connectivity index (χ3v) is 5.17. The molecule has 1 aromatic carbocycles. The minimum Gasteiger partial charge on any atom is -0.318 e. The summed E-state index contributed by atoms with van der Waals surface area (Å²) < 4.78 is 28.8. The number of rotatable bonds is 6. The van der Waals surface area contributed by atoms with Crippen LogP contribution in [-0.2, 0) is 28.7 Å². The zero-order chi connectivity index (χ0) is 16.3. The fraction of sp³-hybridized carbons (Fsp3) is 0.250. The molecule has 3 aromatic rings. The molecule has 0 aliphatic heterocycles. The van der Waals surface area contributed by atoms with Crippen LogP contribution in [0.25, 0.3) is 0 Å². The Morgan fingerprint density at radius 1 is 1.09 bits per heavy atom. The van der Waals surface area contributed by atoms with Crippen molar-refractivity contribution in [3.05, 3.63) is 66.2 Å². The smallest absolute Gasteiger partial charge is 0.228 e. The third-order valence-electron chi connectivity index (χ3n) is 3.59. The lowest BCUT2D eigenvalue weighted by molar-refractivity contribution is 0.565. The molecule has 3 rings (SSSR count). The first-order valence-electron chi connectivity index (χ1n) is 7.38. The molecule has 7 heteroatoms. The highest BCUT2D eigenvalue weighted by Crippen LogP contribution is 2.16. The zero-order valence-corrected chi connectivity index (χ0v) is 13.6. The second-order valence-electron chi connectivity index (χ2n) is 5.22. The Bertz CT molecular complexity index is 882. The van der Waals surface area contributed by atoms with E-state index in [9.17, 15) is 8.42 Å². The van der Waals surface area contributed by atoms with Gasteiger partial charge in [-0.25, -0.2) is 13.4 Å². The Morgan fingerprint density at radius 2 is 1.87 bits per heavy atom. The average Bonchev–Trinajstić information content (AvgIpc) is 3.17. The molecule has 0 unspecified atom stereocenters. The van der Waals surface area contributed by atoms with Crippen LogP contribution in [0.5, 0.6) is 0 Å². The van der Waals surface area contributed by atoms with Crippen LogP contribution in [0.2, 0.25) is 0 Å². The van der Waals surface area contributed by atoms with Crippen LogP contribution in [0.4, 0.5) is 0 Å². The molecule has 0 amide bonds. The maximum Gasteiger partial charge on any atom is 0.228 e. The minimum absolute atomic E-state index is 0.0882. The molecule has 0 atom stereocenters. The molecule has 2 aromatic heterocycles. The number of nitrogens with zero attached hydrogens (tertiary/aromatic N) is 4. The summed E-state index contributed by atoms with van der Waals surface area (Å²) in [6.45, 7) is 3.04. The normalized spacial score (nSPS) is 11.7. The monoisotopic (exact) mass is 330 g/mol. The lowest BCUT2D eigenvalue weighted by Gasteiger charge is -2.09. The largest absolute Gasteiger partial charge is 0.318 e. The van der Waals surface area contributed by atoms with Crippen LogP contribution >= 0.6 is 0 Å². The lowest BCUT2D eigenvalue weighted by Crippen LogP contribution is -2.15. The van der Waals surface area contributed by atoms with Gasteiger partial charge in [0, 0.05) is 31.7 Å². The molecular weight excluding hydrogens is 312 g/mol. The van der Waals surface area contributed by atoms with Crippen molar-refractivity contribution in [1.29, 1.82) is 0 Å². The number of sulfone groups is 1. The first kappa shape index (κ1) is 15.5. The van der Waals surface area contributed by atoms with E-state index in [0.29, 0.717) is 18.8 Å². The van der Waals surface area contributed by atoms with Crippen LogP contribution in [0.15, 0.2) is 60.1 Å². The minimum atomic E-state index is -3.53. The van der Waals surface area contributed by atoms with E-state index >= 15 is 0 Å². The Balaban J connectivity index is 1.88. The SMILES string of the molecule is CCn1nccc1CS(=O)(=O)c1nccn1Cc1ccccc1. The molecule has 0 aliphatic carbocycles. The second-order valence-corrected chi connectivity index (χ2v) is 7.10. The summed E-state index contributed by atoms with van der Waals surface area (Å²) in [5.74, 6) is -0.105. The zero-order valence-electron chi connectivity index (χ0n) is 12.8. The first-order chi connectivity index (χ1) is 11.1. The van der Waals surface area contributed by atoms with Crippen molar-refractivity contribution in [1.82, 2.24) is 19.3 Å². The third kappa shape index (κ3) is 3.34. The van der Waals surface area contributed by atoms with E-state index in [4.69, 9.17) is 0 Å². The van der Waals surface area contributed by atoms with Crippen LogP contribution in [0.3, 0.4) is 0 Å². The summed E-state index contributed by atoms with van der Waals surface area (Å²) >= 11 is 0. The molecule has 120 valence electrons. The summed E-state index contributed by atoms with van der Waals surface area (Å²) in [7, 11) is -3.53. The quantitative estimate of drug-likeness (QED) is 0.694. The van der Waals surface area contributed by atoms with Crippen LogP contribution < -0.4 is 0 Å². The molecule has 0 saturated carbocycles. The highest BCUT2D eigenvalue weighted by Gasteiger charge is 2.23. The van der Waals surface area contributed by atoms with Gasteiger partial charge in [-0.2, -0.15) is 5.10 Å².